The molecule has 0 bridgehead atoms. The average molecular weight is 163 g/mol. The van der Waals surface area contributed by atoms with E-state index in [1.807, 2.05) is 6.07 Å². The molecule has 0 amide bonds. The van der Waals surface area contributed by atoms with Gasteiger partial charge in [-0.05, 0) is 24.3 Å². The van der Waals surface area contributed by atoms with E-state index in [4.69, 9.17) is 16.9 Å². The molecule has 0 saturated carbocycles. The van der Waals surface area contributed by atoms with E-state index >= 15 is 0 Å². The van der Waals surface area contributed by atoms with Crippen LogP contribution in [-0.4, -0.2) is 0 Å². The van der Waals surface area contributed by atoms with Crippen LogP contribution in [0, 0.1) is 17.4 Å². The average Bonchev–Trinajstić information content (AvgIpc) is 2.05. The van der Waals surface area contributed by atoms with Crippen LogP contribution in [0.1, 0.15) is 11.1 Å². The maximum absolute atomic E-state index is 8.51. The first-order valence-corrected chi connectivity index (χ1v) is 3.38. The zero-order valence-corrected chi connectivity index (χ0v) is 6.52. The van der Waals surface area contributed by atoms with Crippen molar-refractivity contribution in [3.63, 3.8) is 0 Å². The summed E-state index contributed by atoms with van der Waals surface area (Å²) in [6.07, 6.45) is 2.64. The normalized spacial score (nSPS) is 8.73. The molecule has 0 heterocycles. The third-order valence-corrected chi connectivity index (χ3v) is 1.62. The summed E-state index contributed by atoms with van der Waals surface area (Å²) in [5.41, 5.74) is 1.24. The Kier molecular flexibility index (Phi) is 2.30. The minimum atomic E-state index is 0.569. The smallest absolute Gasteiger partial charge is 0.0991 e. The minimum Gasteiger partial charge on any atom is -0.192 e. The van der Waals surface area contributed by atoms with Gasteiger partial charge < -0.3 is 0 Å². The Balaban J connectivity index is 3.25. The van der Waals surface area contributed by atoms with Crippen LogP contribution in [0.2, 0.25) is 5.02 Å². The third kappa shape index (κ3) is 1.60. The second-order valence-electron chi connectivity index (χ2n) is 1.98. The van der Waals surface area contributed by atoms with Gasteiger partial charge in [-0.15, -0.1) is 0 Å². The van der Waals surface area contributed by atoms with Gasteiger partial charge in [0.25, 0.3) is 0 Å². The Morgan fingerprint density at radius 2 is 2.18 bits per heavy atom. The monoisotopic (exact) mass is 162 g/mol. The van der Waals surface area contributed by atoms with Crippen molar-refractivity contribution in [1.82, 2.24) is 0 Å². The van der Waals surface area contributed by atoms with Crippen molar-refractivity contribution in [3.8, 4) is 6.07 Å². The van der Waals surface area contributed by atoms with Gasteiger partial charge in [0.15, 0.2) is 0 Å². The number of benzene rings is 1. The highest BCUT2D eigenvalue weighted by Crippen LogP contribution is 2.16. The first-order valence-electron chi connectivity index (χ1n) is 3.00. The van der Waals surface area contributed by atoms with Gasteiger partial charge >= 0.3 is 0 Å². The standard InChI is InChI=1S/C9H5ClN/c1-2-8-5-7(6-11)3-4-9(8)10/h3-5H,1H2. The number of rotatable bonds is 1. The maximum Gasteiger partial charge on any atom is 0.0991 e. The molecule has 2 heteroatoms. The lowest BCUT2D eigenvalue weighted by atomic mass is 10.1. The van der Waals surface area contributed by atoms with Gasteiger partial charge in [0.2, 0.25) is 0 Å². The molecule has 11 heavy (non-hydrogen) atoms. The van der Waals surface area contributed by atoms with Gasteiger partial charge in [-0.3, -0.25) is 0 Å². The highest BCUT2D eigenvalue weighted by atomic mass is 35.5. The molecule has 53 valence electrons. The van der Waals surface area contributed by atoms with Gasteiger partial charge in [-0.2, -0.15) is 5.26 Å². The van der Waals surface area contributed by atoms with Crippen molar-refractivity contribution in [1.29, 1.82) is 5.26 Å². The molecule has 1 rings (SSSR count). The molecule has 0 spiro atoms. The SMILES string of the molecule is C=[C]c1cc(C#N)ccc1Cl. The number of hydrogen-bond acceptors (Lipinski definition) is 1. The Hall–Kier alpha value is -1.26. The zero-order chi connectivity index (χ0) is 8.27. The van der Waals surface area contributed by atoms with E-state index in [2.05, 4.69) is 12.7 Å². The quantitative estimate of drug-likeness (QED) is 0.623. The Bertz CT molecular complexity index is 323. The van der Waals surface area contributed by atoms with Gasteiger partial charge in [0.1, 0.15) is 0 Å². The number of hydrogen-bond donors (Lipinski definition) is 0. The number of halogens is 1. The first-order chi connectivity index (χ1) is 5.27. The summed E-state index contributed by atoms with van der Waals surface area (Å²) in [6, 6.07) is 6.97. The summed E-state index contributed by atoms with van der Waals surface area (Å²) in [7, 11) is 0. The minimum absolute atomic E-state index is 0.569. The van der Waals surface area contributed by atoms with Crippen LogP contribution in [0.15, 0.2) is 24.8 Å². The Morgan fingerprint density at radius 1 is 1.45 bits per heavy atom. The lowest BCUT2D eigenvalue weighted by Gasteiger charge is -1.95. The molecule has 0 aliphatic rings. The molecule has 1 aromatic carbocycles. The van der Waals surface area contributed by atoms with Crippen molar-refractivity contribution >= 4 is 11.6 Å². The largest absolute Gasteiger partial charge is 0.192 e. The molecule has 1 radical (unpaired) electrons. The van der Waals surface area contributed by atoms with Gasteiger partial charge in [-0.1, -0.05) is 18.2 Å². The van der Waals surface area contributed by atoms with E-state index in [1.165, 1.54) is 0 Å². The molecular weight excluding hydrogens is 158 g/mol. The predicted octanol–water partition coefficient (Wildman–Crippen LogP) is 2.55. The summed E-state index contributed by atoms with van der Waals surface area (Å²) < 4.78 is 0. The molecule has 1 nitrogen and oxygen atoms in total. The summed E-state index contributed by atoms with van der Waals surface area (Å²) in [5.74, 6) is 0. The van der Waals surface area contributed by atoms with E-state index in [1.54, 1.807) is 18.2 Å². The van der Waals surface area contributed by atoms with Crippen molar-refractivity contribution in [2.45, 2.75) is 0 Å². The fourth-order valence-corrected chi connectivity index (χ4v) is 0.915. The topological polar surface area (TPSA) is 23.8 Å². The molecular formula is C9H5ClN. The zero-order valence-electron chi connectivity index (χ0n) is 5.76. The van der Waals surface area contributed by atoms with E-state index in [-0.39, 0.29) is 0 Å². The van der Waals surface area contributed by atoms with E-state index in [0.29, 0.717) is 16.1 Å². The van der Waals surface area contributed by atoms with E-state index in [0.717, 1.165) is 0 Å². The fraction of sp³-hybridized carbons (Fsp3) is 0. The lowest BCUT2D eigenvalue weighted by Crippen LogP contribution is -1.79. The molecule has 0 saturated heterocycles. The summed E-state index contributed by atoms with van der Waals surface area (Å²) in [4.78, 5) is 0. The van der Waals surface area contributed by atoms with Crippen LogP contribution < -0.4 is 0 Å². The van der Waals surface area contributed by atoms with Crippen LogP contribution in [0.4, 0.5) is 0 Å². The van der Waals surface area contributed by atoms with Crippen LogP contribution in [0.3, 0.4) is 0 Å². The molecule has 0 unspecified atom stereocenters. The highest BCUT2D eigenvalue weighted by Gasteiger charge is 1.96. The molecule has 0 fully saturated rings. The number of nitrogens with zero attached hydrogens (tertiary/aromatic N) is 1. The third-order valence-electron chi connectivity index (χ3n) is 1.29. The molecule has 0 aromatic heterocycles. The number of nitriles is 1. The van der Waals surface area contributed by atoms with E-state index < -0.39 is 0 Å². The van der Waals surface area contributed by atoms with Crippen LogP contribution in [0.5, 0.6) is 0 Å². The van der Waals surface area contributed by atoms with Crippen LogP contribution in [0.25, 0.3) is 0 Å². The highest BCUT2D eigenvalue weighted by molar-refractivity contribution is 6.31. The molecule has 1 aromatic rings. The van der Waals surface area contributed by atoms with Crippen molar-refractivity contribution < 1.29 is 0 Å². The Morgan fingerprint density at radius 3 is 2.73 bits per heavy atom. The van der Waals surface area contributed by atoms with Crippen LogP contribution in [-0.2, 0) is 0 Å². The lowest BCUT2D eigenvalue weighted by molar-refractivity contribution is 1.46. The van der Waals surface area contributed by atoms with E-state index in [9.17, 15) is 0 Å². The first kappa shape index (κ1) is 7.84. The Labute approximate surface area is 70.5 Å². The van der Waals surface area contributed by atoms with Gasteiger partial charge in [-0.25, -0.2) is 0 Å². The van der Waals surface area contributed by atoms with Crippen molar-refractivity contribution in [2.24, 2.45) is 0 Å². The summed E-state index contributed by atoms with van der Waals surface area (Å²) in [5, 5.41) is 9.08. The molecule has 0 aliphatic heterocycles. The summed E-state index contributed by atoms with van der Waals surface area (Å²) >= 11 is 5.74. The van der Waals surface area contributed by atoms with Gasteiger partial charge in [0, 0.05) is 10.6 Å². The molecule has 0 aliphatic carbocycles. The second-order valence-corrected chi connectivity index (χ2v) is 2.39. The predicted molar refractivity (Wildman–Crippen MR) is 44.1 cm³/mol. The molecule has 0 N–H and O–H groups in total. The second kappa shape index (κ2) is 3.23. The maximum atomic E-state index is 8.51. The van der Waals surface area contributed by atoms with Crippen LogP contribution >= 0.6 is 11.6 Å². The van der Waals surface area contributed by atoms with Crippen molar-refractivity contribution in [2.75, 3.05) is 0 Å². The van der Waals surface area contributed by atoms with Crippen molar-refractivity contribution in [3.05, 3.63) is 47.0 Å². The molecule has 0 atom stereocenters. The summed E-state index contributed by atoms with van der Waals surface area (Å²) in [6.45, 7) is 3.45. The van der Waals surface area contributed by atoms with Gasteiger partial charge in [0.05, 0.1) is 11.6 Å². The fourth-order valence-electron chi connectivity index (χ4n) is 0.730.